The molecule has 3 aromatic carbocycles. The Hall–Kier alpha value is -4.90. The standard InChI is InChI=1S/C38H32N2O2/c41-25-21-31-33-15-7-9-23-39(33)37(35(31)27-11-3-1-4-12-27)29-17-19-30(20-18-29)38-36(28-13-5-2-6-14-28)32(22-26-42)34-16-8-10-24-40(34)38/h1-20,23-24,41-42H,21-22,25-26H2. The first-order chi connectivity index (χ1) is 20.8. The van der Waals surface area contributed by atoms with Gasteiger partial charge in [-0.2, -0.15) is 0 Å². The Morgan fingerprint density at radius 3 is 1.17 bits per heavy atom. The van der Waals surface area contributed by atoms with E-state index in [0.29, 0.717) is 12.8 Å². The second-order valence-corrected chi connectivity index (χ2v) is 10.6. The fourth-order valence-corrected chi connectivity index (χ4v) is 6.47. The molecule has 4 nitrogen and oxygen atoms in total. The molecule has 7 rings (SSSR count). The Morgan fingerprint density at radius 2 is 0.786 bits per heavy atom. The van der Waals surface area contributed by atoms with E-state index in [0.717, 1.165) is 66.9 Å². The third-order valence-electron chi connectivity index (χ3n) is 8.18. The van der Waals surface area contributed by atoms with Crippen molar-refractivity contribution in [2.24, 2.45) is 0 Å². The van der Waals surface area contributed by atoms with Gasteiger partial charge in [-0.3, -0.25) is 0 Å². The minimum atomic E-state index is 0.0898. The van der Waals surface area contributed by atoms with Crippen LogP contribution in [0.2, 0.25) is 0 Å². The smallest absolute Gasteiger partial charge is 0.0609 e. The topological polar surface area (TPSA) is 49.3 Å². The van der Waals surface area contributed by atoms with Crippen molar-refractivity contribution in [1.82, 2.24) is 8.80 Å². The number of aliphatic hydroxyl groups is 2. The summed E-state index contributed by atoms with van der Waals surface area (Å²) in [6, 6.07) is 42.3. The molecule has 0 atom stereocenters. The summed E-state index contributed by atoms with van der Waals surface area (Å²) in [4.78, 5) is 0. The van der Waals surface area contributed by atoms with Gasteiger partial charge in [0.1, 0.15) is 0 Å². The van der Waals surface area contributed by atoms with Gasteiger partial charge in [0.25, 0.3) is 0 Å². The van der Waals surface area contributed by atoms with Gasteiger partial charge < -0.3 is 19.0 Å². The summed E-state index contributed by atoms with van der Waals surface area (Å²) in [7, 11) is 0. The van der Waals surface area contributed by atoms with Gasteiger partial charge in [0.15, 0.2) is 0 Å². The molecule has 0 amide bonds. The SMILES string of the molecule is OCCc1c(-c2ccccc2)c(-c2ccc(-c3c(-c4ccccc4)c(CCO)c4ccccn34)cc2)n2ccccc12. The predicted octanol–water partition coefficient (Wildman–Crippen LogP) is 7.93. The van der Waals surface area contributed by atoms with E-state index in [1.54, 1.807) is 0 Å². The Labute approximate surface area is 245 Å². The zero-order valence-corrected chi connectivity index (χ0v) is 23.3. The normalized spacial score (nSPS) is 11.5. The monoisotopic (exact) mass is 548 g/mol. The molecule has 7 aromatic rings. The number of hydrogen-bond donors (Lipinski definition) is 2. The molecular formula is C38H32N2O2. The Kier molecular flexibility index (Phi) is 6.92. The lowest BCUT2D eigenvalue weighted by atomic mass is 9.93. The third kappa shape index (κ3) is 4.33. The van der Waals surface area contributed by atoms with E-state index in [9.17, 15) is 10.2 Å². The third-order valence-corrected chi connectivity index (χ3v) is 8.18. The molecule has 206 valence electrons. The number of pyridine rings is 2. The lowest BCUT2D eigenvalue weighted by molar-refractivity contribution is 0.300. The van der Waals surface area contributed by atoms with E-state index in [2.05, 4.69) is 130 Å². The molecule has 42 heavy (non-hydrogen) atoms. The molecule has 0 aliphatic carbocycles. The summed E-state index contributed by atoms with van der Waals surface area (Å²) in [5.74, 6) is 0. The number of hydrogen-bond acceptors (Lipinski definition) is 2. The summed E-state index contributed by atoms with van der Waals surface area (Å²) in [5, 5.41) is 20.0. The summed E-state index contributed by atoms with van der Waals surface area (Å²) in [6.45, 7) is 0.180. The van der Waals surface area contributed by atoms with Crippen LogP contribution in [-0.2, 0) is 12.8 Å². The Bertz CT molecular complexity index is 1840. The Balaban J connectivity index is 1.45. The molecular weight excluding hydrogens is 516 g/mol. The van der Waals surface area contributed by atoms with Crippen LogP contribution >= 0.6 is 0 Å². The highest BCUT2D eigenvalue weighted by molar-refractivity contribution is 5.94. The second-order valence-electron chi connectivity index (χ2n) is 10.6. The molecule has 0 unspecified atom stereocenters. The number of fused-ring (bicyclic) bond motifs is 2. The number of rotatable bonds is 8. The average molecular weight is 549 g/mol. The van der Waals surface area contributed by atoms with Crippen LogP contribution in [0.1, 0.15) is 11.1 Å². The van der Waals surface area contributed by atoms with E-state index in [1.165, 1.54) is 0 Å². The zero-order chi connectivity index (χ0) is 28.5. The molecule has 0 saturated heterocycles. The van der Waals surface area contributed by atoms with Crippen molar-refractivity contribution in [2.75, 3.05) is 13.2 Å². The van der Waals surface area contributed by atoms with Crippen molar-refractivity contribution in [1.29, 1.82) is 0 Å². The van der Waals surface area contributed by atoms with Crippen LogP contribution in [0.3, 0.4) is 0 Å². The van der Waals surface area contributed by atoms with Crippen molar-refractivity contribution in [2.45, 2.75) is 12.8 Å². The molecule has 0 spiro atoms. The van der Waals surface area contributed by atoms with Gasteiger partial charge in [-0.05, 0) is 70.5 Å². The van der Waals surface area contributed by atoms with Gasteiger partial charge in [-0.1, -0.05) is 97.1 Å². The summed E-state index contributed by atoms with van der Waals surface area (Å²) < 4.78 is 4.51. The molecule has 0 saturated carbocycles. The first-order valence-corrected chi connectivity index (χ1v) is 14.5. The van der Waals surface area contributed by atoms with Crippen molar-refractivity contribution in [3.63, 3.8) is 0 Å². The molecule has 4 heteroatoms. The van der Waals surface area contributed by atoms with Gasteiger partial charge in [0.05, 0.1) is 11.4 Å². The first kappa shape index (κ1) is 26.0. The number of aliphatic hydroxyl groups excluding tert-OH is 2. The van der Waals surface area contributed by atoms with Crippen molar-refractivity contribution in [3.8, 4) is 44.8 Å². The van der Waals surface area contributed by atoms with Crippen LogP contribution in [-0.4, -0.2) is 32.2 Å². The maximum atomic E-state index is 10.0. The molecule has 0 bridgehead atoms. The summed E-state index contributed by atoms with van der Waals surface area (Å²) >= 11 is 0. The molecule has 4 aromatic heterocycles. The first-order valence-electron chi connectivity index (χ1n) is 14.5. The molecule has 4 heterocycles. The van der Waals surface area contributed by atoms with Crippen LogP contribution < -0.4 is 0 Å². The van der Waals surface area contributed by atoms with E-state index in [-0.39, 0.29) is 13.2 Å². The molecule has 0 aliphatic heterocycles. The minimum Gasteiger partial charge on any atom is -0.396 e. The molecule has 2 N–H and O–H groups in total. The highest BCUT2D eigenvalue weighted by Crippen LogP contribution is 2.43. The van der Waals surface area contributed by atoms with Crippen LogP contribution in [0.25, 0.3) is 55.8 Å². The molecule has 0 fully saturated rings. The van der Waals surface area contributed by atoms with Gasteiger partial charge in [-0.25, -0.2) is 0 Å². The van der Waals surface area contributed by atoms with Crippen LogP contribution in [0, 0.1) is 0 Å². The van der Waals surface area contributed by atoms with E-state index >= 15 is 0 Å². The molecule has 0 aliphatic rings. The highest BCUT2D eigenvalue weighted by Gasteiger charge is 2.23. The van der Waals surface area contributed by atoms with E-state index < -0.39 is 0 Å². The van der Waals surface area contributed by atoms with Crippen LogP contribution in [0.15, 0.2) is 134 Å². The minimum absolute atomic E-state index is 0.0898. The predicted molar refractivity (Wildman–Crippen MR) is 172 cm³/mol. The van der Waals surface area contributed by atoms with Crippen molar-refractivity contribution in [3.05, 3.63) is 145 Å². The van der Waals surface area contributed by atoms with Crippen molar-refractivity contribution >= 4 is 11.0 Å². The lowest BCUT2D eigenvalue weighted by Crippen LogP contribution is -1.93. The van der Waals surface area contributed by atoms with Crippen LogP contribution in [0.4, 0.5) is 0 Å². The van der Waals surface area contributed by atoms with E-state index in [1.807, 2.05) is 12.1 Å². The average Bonchev–Trinajstić information content (AvgIpc) is 3.55. The number of nitrogens with zero attached hydrogens (tertiary/aromatic N) is 2. The fourth-order valence-electron chi connectivity index (χ4n) is 6.47. The second kappa shape index (κ2) is 11.2. The van der Waals surface area contributed by atoms with Crippen molar-refractivity contribution < 1.29 is 10.2 Å². The largest absolute Gasteiger partial charge is 0.396 e. The molecule has 0 radical (unpaired) electrons. The lowest BCUT2D eigenvalue weighted by Gasteiger charge is -2.12. The quantitative estimate of drug-likeness (QED) is 0.203. The van der Waals surface area contributed by atoms with E-state index in [4.69, 9.17) is 0 Å². The fraction of sp³-hybridized carbons (Fsp3) is 0.105. The summed E-state index contributed by atoms with van der Waals surface area (Å²) in [6.07, 6.45) is 5.39. The van der Waals surface area contributed by atoms with Gasteiger partial charge >= 0.3 is 0 Å². The zero-order valence-electron chi connectivity index (χ0n) is 23.3. The summed E-state index contributed by atoms with van der Waals surface area (Å²) in [5.41, 5.74) is 13.6. The van der Waals surface area contributed by atoms with Gasteiger partial charge in [0.2, 0.25) is 0 Å². The number of aromatic nitrogens is 2. The van der Waals surface area contributed by atoms with Gasteiger partial charge in [0, 0.05) is 47.8 Å². The Morgan fingerprint density at radius 1 is 0.405 bits per heavy atom. The van der Waals surface area contributed by atoms with Gasteiger partial charge in [-0.15, -0.1) is 0 Å². The van der Waals surface area contributed by atoms with Crippen LogP contribution in [0.5, 0.6) is 0 Å². The maximum absolute atomic E-state index is 10.0. The number of benzene rings is 3. The highest BCUT2D eigenvalue weighted by atomic mass is 16.3. The maximum Gasteiger partial charge on any atom is 0.0609 e.